The molecule has 0 saturated carbocycles. The van der Waals surface area contributed by atoms with Crippen LogP contribution >= 0.6 is 0 Å². The minimum absolute atomic E-state index is 0.165. The van der Waals surface area contributed by atoms with E-state index in [4.69, 9.17) is 0 Å². The number of hydrogen-bond donors (Lipinski definition) is 0. The van der Waals surface area contributed by atoms with Crippen LogP contribution < -0.4 is 0 Å². The Labute approximate surface area is 174 Å². The van der Waals surface area contributed by atoms with Gasteiger partial charge in [0, 0.05) is 12.1 Å². The van der Waals surface area contributed by atoms with Crippen molar-refractivity contribution in [3.63, 3.8) is 0 Å². The van der Waals surface area contributed by atoms with E-state index < -0.39 is 40.0 Å². The van der Waals surface area contributed by atoms with E-state index in [0.717, 1.165) is 4.90 Å². The van der Waals surface area contributed by atoms with Gasteiger partial charge >= 0.3 is 18.4 Å². The molecule has 4 nitrogen and oxygen atoms in total. The molecule has 0 aliphatic carbocycles. The first kappa shape index (κ1) is 26.3. The Morgan fingerprint density at radius 3 is 1.55 bits per heavy atom. The van der Waals surface area contributed by atoms with E-state index in [9.17, 15) is 31.1 Å². The third kappa shape index (κ3) is 4.21. The molecule has 1 aliphatic heterocycles. The van der Waals surface area contributed by atoms with Crippen molar-refractivity contribution in [3.05, 3.63) is 0 Å². The van der Waals surface area contributed by atoms with Gasteiger partial charge in [0.05, 0.1) is 0 Å². The lowest BCUT2D eigenvalue weighted by Crippen LogP contribution is -2.87. The van der Waals surface area contributed by atoms with E-state index in [1.807, 2.05) is 20.8 Å². The fourth-order valence-corrected chi connectivity index (χ4v) is 4.06. The fourth-order valence-electron chi connectivity index (χ4n) is 4.06. The maximum atomic E-state index is 13.3. The number of ether oxygens (including phenoxy) is 1. The molecule has 1 saturated heterocycles. The van der Waals surface area contributed by atoms with Gasteiger partial charge in [0.2, 0.25) is 0 Å². The van der Waals surface area contributed by atoms with E-state index in [-0.39, 0.29) is 19.9 Å². The number of amides is 1. The van der Waals surface area contributed by atoms with Gasteiger partial charge in [-0.2, -0.15) is 26.3 Å². The predicted octanol–water partition coefficient (Wildman–Crippen LogP) is -4.25. The number of hydrogen-bond acceptors (Lipinski definition) is 3. The Kier molecular flexibility index (Phi) is 6.24. The lowest BCUT2D eigenvalue weighted by Gasteiger charge is -2.68. The van der Waals surface area contributed by atoms with Gasteiger partial charge < -0.3 is 14.5 Å². The normalized spacial score (nSPS) is 22.9. The second-order valence-electron chi connectivity index (χ2n) is 10.4. The van der Waals surface area contributed by atoms with Crippen LogP contribution in [0.3, 0.4) is 0 Å². The number of halogens is 6. The van der Waals surface area contributed by atoms with Crippen LogP contribution in [0.5, 0.6) is 0 Å². The molecule has 17 heteroatoms. The van der Waals surface area contributed by atoms with Crippen molar-refractivity contribution in [1.82, 2.24) is 9.80 Å². The van der Waals surface area contributed by atoms with Gasteiger partial charge in [-0.1, -0.05) is 0 Å². The molecular weight excluding hydrogens is 394 g/mol. The Hall–Kier alpha value is -0.735. The number of piperazine rings is 1. The number of carbonyl (C=O) groups excluding carboxylic acids is 1. The molecule has 1 amide bonds. The summed E-state index contributed by atoms with van der Waals surface area (Å²) >= 11 is 0. The first-order valence-corrected chi connectivity index (χ1v) is 9.28. The molecule has 0 aromatic heterocycles. The van der Waals surface area contributed by atoms with E-state index >= 15 is 0 Å². The molecule has 1 heterocycles. The highest BCUT2D eigenvalue weighted by Crippen LogP contribution is 2.45. The van der Waals surface area contributed by atoms with Gasteiger partial charge in [-0.3, -0.25) is 0 Å². The zero-order chi connectivity index (χ0) is 23.6. The lowest BCUT2D eigenvalue weighted by atomic mass is 9.33. The van der Waals surface area contributed by atoms with Crippen LogP contribution in [0.15, 0.2) is 0 Å². The Balaban J connectivity index is 3.51. The van der Waals surface area contributed by atoms with Crippen LogP contribution in [0.1, 0.15) is 20.8 Å². The minimum atomic E-state index is -5.82. The number of nitrogens with zero attached hydrogens (tertiary/aromatic N) is 2. The van der Waals surface area contributed by atoms with E-state index in [0.29, 0.717) is 0 Å². The molecule has 0 spiro atoms. The molecule has 1 aliphatic rings. The SMILES string of the molecule is BC1(B)CN(C(C)(C)C)C(B)(B)C(B)(B)N1C(=O)OC(B)(C(F)(F)F)C(F)(F)F. The van der Waals surface area contributed by atoms with E-state index in [2.05, 4.69) is 9.64 Å². The van der Waals surface area contributed by atoms with Crippen LogP contribution in [0, 0.1) is 0 Å². The van der Waals surface area contributed by atoms with Gasteiger partial charge in [-0.05, 0) is 36.8 Å². The molecule has 158 valence electrons. The van der Waals surface area contributed by atoms with Crippen molar-refractivity contribution in [1.29, 1.82) is 0 Å². The molecule has 1 fully saturated rings. The Morgan fingerprint density at radius 1 is 0.862 bits per heavy atom. The molecule has 0 radical (unpaired) electrons. The zero-order valence-corrected chi connectivity index (χ0v) is 18.7. The van der Waals surface area contributed by atoms with E-state index in [1.54, 1.807) is 47.1 Å². The highest BCUT2D eigenvalue weighted by atomic mass is 19.4. The second kappa shape index (κ2) is 6.89. The molecule has 29 heavy (non-hydrogen) atoms. The number of carbonyl (C=O) groups is 1. The van der Waals surface area contributed by atoms with Crippen molar-refractivity contribution in [2.75, 3.05) is 6.54 Å². The summed E-state index contributed by atoms with van der Waals surface area (Å²) in [7, 11) is 9.88. The fraction of sp³-hybridized carbons (Fsp3) is 0.917. The van der Waals surface area contributed by atoms with E-state index in [1.165, 1.54) is 0 Å². The van der Waals surface area contributed by atoms with Crippen LogP contribution in [-0.4, -0.2) is 117 Å². The maximum absolute atomic E-state index is 13.3. The average Bonchev–Trinajstić information content (AvgIpc) is 2.38. The van der Waals surface area contributed by atoms with Crippen molar-refractivity contribution in [3.8, 4) is 0 Å². The maximum Gasteiger partial charge on any atom is 0.428 e. The molecule has 0 atom stereocenters. The van der Waals surface area contributed by atoms with Crippen molar-refractivity contribution < 1.29 is 35.9 Å². The summed E-state index contributed by atoms with van der Waals surface area (Å²) in [5.41, 5.74) is -4.98. The van der Waals surface area contributed by atoms with Gasteiger partial charge in [-0.25, -0.2) is 4.79 Å². The quantitative estimate of drug-likeness (QED) is 0.319. The predicted molar refractivity (Wildman–Crippen MR) is 118 cm³/mol. The molecule has 0 unspecified atom stereocenters. The van der Waals surface area contributed by atoms with Crippen molar-refractivity contribution in [2.24, 2.45) is 0 Å². The van der Waals surface area contributed by atoms with Gasteiger partial charge in [0.1, 0.15) is 47.1 Å². The monoisotopic (exact) mass is 420 g/mol. The summed E-state index contributed by atoms with van der Waals surface area (Å²) in [6.07, 6.45) is -13.3. The Morgan fingerprint density at radius 2 is 1.24 bits per heavy atom. The first-order valence-electron chi connectivity index (χ1n) is 9.28. The first-order chi connectivity index (χ1) is 12.3. The lowest BCUT2D eigenvalue weighted by molar-refractivity contribution is -0.331. The van der Waals surface area contributed by atoms with Crippen molar-refractivity contribution >= 4 is 61.0 Å². The van der Waals surface area contributed by atoms with Crippen LogP contribution in [0.4, 0.5) is 31.1 Å². The molecule has 0 bridgehead atoms. The zero-order valence-electron chi connectivity index (χ0n) is 18.7. The average molecular weight is 419 g/mol. The molecule has 1 rings (SSSR count). The minimum Gasteiger partial charge on any atom is -0.433 e. The summed E-state index contributed by atoms with van der Waals surface area (Å²) in [6, 6.07) is 0. The Bertz CT molecular complexity index is 649. The summed E-state index contributed by atoms with van der Waals surface area (Å²) in [6.45, 7) is 6.11. The van der Waals surface area contributed by atoms with Crippen LogP contribution in [-0.2, 0) is 4.74 Å². The number of rotatable bonds is 1. The highest BCUT2D eigenvalue weighted by Gasteiger charge is 2.71. The van der Waals surface area contributed by atoms with Crippen LogP contribution in [0.25, 0.3) is 0 Å². The number of alkyl halides is 6. The standard InChI is InChI=1S/C12H25B7F6N2O2/c1-6(2,3)26-4-7(13,14)27(10(18,19)9(26,16)17)5(28)29-8(15,11(20,21)22)12(23,24)25/h4,13-19H2,1-3H3. The van der Waals surface area contributed by atoms with Crippen LogP contribution in [0.2, 0.25) is 0 Å². The smallest absolute Gasteiger partial charge is 0.428 e. The summed E-state index contributed by atoms with van der Waals surface area (Å²) in [5.74, 6) is 0. The molecule has 0 aromatic rings. The second-order valence-corrected chi connectivity index (χ2v) is 10.4. The molecular formula is C12H25B7F6N2O2. The van der Waals surface area contributed by atoms with Gasteiger partial charge in [0.25, 0.3) is 5.50 Å². The van der Waals surface area contributed by atoms with Crippen molar-refractivity contribution in [2.45, 2.75) is 60.2 Å². The summed E-state index contributed by atoms with van der Waals surface area (Å²) < 4.78 is 83.8. The largest absolute Gasteiger partial charge is 0.433 e. The van der Waals surface area contributed by atoms with Gasteiger partial charge in [0.15, 0.2) is 7.85 Å². The topological polar surface area (TPSA) is 32.8 Å². The summed E-state index contributed by atoms with van der Waals surface area (Å²) in [5, 5.41) is -3.04. The third-order valence-electron chi connectivity index (χ3n) is 6.25. The highest BCUT2D eigenvalue weighted by molar-refractivity contribution is 6.56. The van der Waals surface area contributed by atoms with Gasteiger partial charge in [-0.15, -0.1) is 0 Å². The molecule has 0 aromatic carbocycles. The summed E-state index contributed by atoms with van der Waals surface area (Å²) in [4.78, 5) is 16.0. The molecule has 0 N–H and O–H groups in total. The third-order valence-corrected chi connectivity index (χ3v) is 6.25.